The largest absolute Gasteiger partial charge is 0.367 e. The highest BCUT2D eigenvalue weighted by atomic mass is 32.2. The van der Waals surface area contributed by atoms with Gasteiger partial charge < -0.3 is 4.74 Å². The number of carbonyl (C=O) groups excluding carboxylic acids is 2. The lowest BCUT2D eigenvalue weighted by Gasteiger charge is -2.50. The molecule has 1 heterocycles. The van der Waals surface area contributed by atoms with Crippen LogP contribution in [0.5, 0.6) is 0 Å². The van der Waals surface area contributed by atoms with Gasteiger partial charge in [0, 0.05) is 35.7 Å². The fraction of sp³-hybridized carbons (Fsp3) is 0.586. The van der Waals surface area contributed by atoms with Crippen molar-refractivity contribution in [2.75, 3.05) is 6.61 Å². The first kappa shape index (κ1) is 21.9. The van der Waals surface area contributed by atoms with Crippen LogP contribution in [0.3, 0.4) is 0 Å². The summed E-state index contributed by atoms with van der Waals surface area (Å²) in [7, 11) is 0. The van der Waals surface area contributed by atoms with E-state index in [1.54, 1.807) is 5.57 Å². The minimum Gasteiger partial charge on any atom is -0.367 e. The maximum atomic E-state index is 13.1. The number of Topliss-reactive ketones (excluding diaryl/α,β-unsaturated/α-hetero) is 1. The molecule has 5 aliphatic rings. The van der Waals surface area contributed by atoms with E-state index in [4.69, 9.17) is 4.74 Å². The highest BCUT2D eigenvalue weighted by Crippen LogP contribution is 2.62. The molecule has 6 rings (SSSR count). The van der Waals surface area contributed by atoms with E-state index in [0.29, 0.717) is 24.0 Å². The van der Waals surface area contributed by atoms with Gasteiger partial charge in [0.2, 0.25) is 0 Å². The van der Waals surface area contributed by atoms with Crippen LogP contribution in [0.4, 0.5) is 0 Å². The second-order valence-corrected chi connectivity index (χ2v) is 12.2. The van der Waals surface area contributed by atoms with Crippen LogP contribution in [0.1, 0.15) is 82.6 Å². The molecule has 1 aromatic carbocycles. The van der Waals surface area contributed by atoms with Crippen molar-refractivity contribution < 1.29 is 14.3 Å². The summed E-state index contributed by atoms with van der Waals surface area (Å²) in [5.41, 5.74) is 5.75. The zero-order valence-corrected chi connectivity index (χ0v) is 20.4. The first-order chi connectivity index (χ1) is 16.0. The molecule has 1 saturated heterocycles. The molecule has 3 fully saturated rings. The number of thioether (sulfide) groups is 1. The van der Waals surface area contributed by atoms with Gasteiger partial charge in [-0.05, 0) is 98.1 Å². The molecule has 2 saturated carbocycles. The van der Waals surface area contributed by atoms with Crippen LogP contribution in [-0.2, 0) is 14.3 Å². The van der Waals surface area contributed by atoms with Crippen LogP contribution in [0.15, 0.2) is 52.0 Å². The summed E-state index contributed by atoms with van der Waals surface area (Å²) in [5, 5.41) is 0. The van der Waals surface area contributed by atoms with Gasteiger partial charge in [-0.15, -0.1) is 0 Å². The molecule has 1 aromatic rings. The van der Waals surface area contributed by atoms with Crippen LogP contribution in [0.25, 0.3) is 0 Å². The minimum atomic E-state index is -0.200. The third kappa shape index (κ3) is 3.78. The smallest absolute Gasteiger partial charge is 0.156 e. The van der Waals surface area contributed by atoms with E-state index in [1.807, 2.05) is 17.8 Å². The quantitative estimate of drug-likeness (QED) is 0.497. The number of hydrogen-bond acceptors (Lipinski definition) is 4. The van der Waals surface area contributed by atoms with Gasteiger partial charge in [0.05, 0.1) is 0 Å². The summed E-state index contributed by atoms with van der Waals surface area (Å²) in [5.74, 6) is 2.01. The van der Waals surface area contributed by atoms with Crippen molar-refractivity contribution in [1.29, 1.82) is 0 Å². The average Bonchev–Trinajstić information content (AvgIpc) is 3.13. The first-order valence-corrected chi connectivity index (χ1v) is 13.8. The molecule has 33 heavy (non-hydrogen) atoms. The van der Waals surface area contributed by atoms with Gasteiger partial charge in [0.15, 0.2) is 5.78 Å². The van der Waals surface area contributed by atoms with Crippen LogP contribution in [0, 0.1) is 17.3 Å². The Bertz CT molecular complexity index is 1030. The average molecular weight is 463 g/mol. The summed E-state index contributed by atoms with van der Waals surface area (Å²) >= 11 is 1.84. The molecule has 0 radical (unpaired) electrons. The van der Waals surface area contributed by atoms with Crippen molar-refractivity contribution in [2.24, 2.45) is 17.3 Å². The molecule has 5 atom stereocenters. The molecule has 4 heteroatoms. The molecule has 1 unspecified atom stereocenters. The number of rotatable bonds is 3. The van der Waals surface area contributed by atoms with Gasteiger partial charge in [-0.1, -0.05) is 36.4 Å². The van der Waals surface area contributed by atoms with Crippen molar-refractivity contribution in [1.82, 2.24) is 0 Å². The van der Waals surface area contributed by atoms with Crippen LogP contribution >= 0.6 is 11.8 Å². The molecule has 0 N–H and O–H groups in total. The predicted molar refractivity (Wildman–Crippen MR) is 131 cm³/mol. The number of benzene rings is 1. The molecule has 3 nitrogen and oxygen atoms in total. The summed E-state index contributed by atoms with van der Waals surface area (Å²) in [6.07, 6.45) is 11.8. The van der Waals surface area contributed by atoms with E-state index in [0.717, 1.165) is 51.6 Å². The Morgan fingerprint density at radius 1 is 0.970 bits per heavy atom. The Morgan fingerprint density at radius 3 is 2.61 bits per heavy atom. The second kappa shape index (κ2) is 8.53. The highest BCUT2D eigenvalue weighted by molar-refractivity contribution is 7.99. The molecular weight excluding hydrogens is 428 g/mol. The van der Waals surface area contributed by atoms with Gasteiger partial charge >= 0.3 is 0 Å². The minimum absolute atomic E-state index is 0.200. The van der Waals surface area contributed by atoms with E-state index in [9.17, 15) is 9.59 Å². The standard InChI is InChI=1S/C29H34O3S/c1-29-17-24(18-5-9-21(10-6-18)33-27-4-2-3-15-32-27)28-22-12-8-20(30)16-19(22)7-11-23(28)25(29)13-14-26(29)31/h5-6,9-10,16,23-25,27H,2-4,7-8,11-15,17H2,1H3/t23-,24+,25-,27?,29-/m0/s1. The van der Waals surface area contributed by atoms with Crippen molar-refractivity contribution in [3.8, 4) is 0 Å². The third-order valence-electron chi connectivity index (χ3n) is 9.13. The third-order valence-corrected chi connectivity index (χ3v) is 10.3. The highest BCUT2D eigenvalue weighted by Gasteiger charge is 2.56. The Kier molecular flexibility index (Phi) is 5.65. The first-order valence-electron chi connectivity index (χ1n) is 12.9. The molecule has 0 amide bonds. The predicted octanol–water partition coefficient (Wildman–Crippen LogP) is 6.77. The summed E-state index contributed by atoms with van der Waals surface area (Å²) in [6, 6.07) is 9.12. The molecule has 174 valence electrons. The van der Waals surface area contributed by atoms with Crippen molar-refractivity contribution in [2.45, 2.75) is 87.4 Å². The van der Waals surface area contributed by atoms with Crippen LogP contribution < -0.4 is 0 Å². The van der Waals surface area contributed by atoms with Crippen LogP contribution in [0.2, 0.25) is 0 Å². The number of ether oxygens (including phenoxy) is 1. The van der Waals surface area contributed by atoms with Gasteiger partial charge in [0.1, 0.15) is 11.2 Å². The Balaban J connectivity index is 1.37. The fourth-order valence-corrected chi connectivity index (χ4v) is 8.51. The number of ketones is 2. The summed E-state index contributed by atoms with van der Waals surface area (Å²) in [6.45, 7) is 3.13. The zero-order valence-electron chi connectivity index (χ0n) is 19.6. The molecule has 0 bridgehead atoms. The molecule has 0 aromatic heterocycles. The normalized spacial score (nSPS) is 36.2. The lowest BCUT2D eigenvalue weighted by atomic mass is 9.53. The lowest BCUT2D eigenvalue weighted by molar-refractivity contribution is -0.128. The molecule has 1 aliphatic heterocycles. The number of allylic oxidation sites excluding steroid dienone is 4. The van der Waals surface area contributed by atoms with Crippen LogP contribution in [-0.4, -0.2) is 23.6 Å². The van der Waals surface area contributed by atoms with Gasteiger partial charge in [-0.2, -0.15) is 0 Å². The summed E-state index contributed by atoms with van der Waals surface area (Å²) in [4.78, 5) is 26.5. The van der Waals surface area contributed by atoms with Gasteiger partial charge in [-0.25, -0.2) is 0 Å². The maximum absolute atomic E-state index is 13.1. The van der Waals surface area contributed by atoms with E-state index < -0.39 is 0 Å². The number of hydrogen-bond donors (Lipinski definition) is 0. The van der Waals surface area contributed by atoms with Gasteiger partial charge in [0.25, 0.3) is 0 Å². The Hall–Kier alpha value is -1.65. The number of carbonyl (C=O) groups is 2. The molecular formula is C29H34O3S. The second-order valence-electron chi connectivity index (χ2n) is 10.9. The van der Waals surface area contributed by atoms with Crippen molar-refractivity contribution in [3.63, 3.8) is 0 Å². The lowest BCUT2D eigenvalue weighted by Crippen LogP contribution is -2.43. The number of fused-ring (bicyclic) bond motifs is 4. The van der Waals surface area contributed by atoms with Gasteiger partial charge in [-0.3, -0.25) is 9.59 Å². The van der Waals surface area contributed by atoms with E-state index in [2.05, 4.69) is 31.2 Å². The maximum Gasteiger partial charge on any atom is 0.156 e. The van der Waals surface area contributed by atoms with E-state index in [-0.39, 0.29) is 22.6 Å². The van der Waals surface area contributed by atoms with E-state index >= 15 is 0 Å². The van der Waals surface area contributed by atoms with Crippen molar-refractivity contribution in [3.05, 3.63) is 52.6 Å². The fourth-order valence-electron chi connectivity index (χ4n) is 7.47. The van der Waals surface area contributed by atoms with Crippen molar-refractivity contribution >= 4 is 23.3 Å². The monoisotopic (exact) mass is 462 g/mol. The summed E-state index contributed by atoms with van der Waals surface area (Å²) < 4.78 is 5.92. The van der Waals surface area contributed by atoms with E-state index in [1.165, 1.54) is 34.4 Å². The SMILES string of the molecule is C[C@]12C[C@H](c3ccc(SC4CCCCO4)cc3)C3=C4CCC(=O)C=C4CC[C@H]3[C@@H]1CCC2=O. The topological polar surface area (TPSA) is 43.4 Å². The molecule has 0 spiro atoms. The zero-order chi connectivity index (χ0) is 22.6. The Morgan fingerprint density at radius 2 is 1.82 bits per heavy atom. The Labute approximate surface area is 201 Å². The molecule has 4 aliphatic carbocycles.